The van der Waals surface area contributed by atoms with Crippen molar-refractivity contribution in [1.82, 2.24) is 4.98 Å². The molecule has 0 radical (unpaired) electrons. The van der Waals surface area contributed by atoms with E-state index in [0.29, 0.717) is 43.1 Å². The molecule has 1 heterocycles. The molecule has 4 rings (SSSR count). The van der Waals surface area contributed by atoms with E-state index in [2.05, 4.69) is 10.3 Å². The molecular weight excluding hydrogens is 427 g/mol. The molecule has 4 aromatic rings. The molecule has 3 nitrogen and oxygen atoms in total. The average Bonchev–Trinajstić information content (AvgIpc) is 2.70. The van der Waals surface area contributed by atoms with Crippen LogP contribution in [0.1, 0.15) is 15.9 Å². The number of anilines is 1. The summed E-state index contributed by atoms with van der Waals surface area (Å²) in [5, 5.41) is 5.26. The Morgan fingerprint density at radius 1 is 0.897 bits per heavy atom. The summed E-state index contributed by atoms with van der Waals surface area (Å²) >= 11 is 18.6. The predicted octanol–water partition coefficient (Wildman–Crippen LogP) is 7.42. The second kappa shape index (κ2) is 8.03. The largest absolute Gasteiger partial charge is 0.322 e. The summed E-state index contributed by atoms with van der Waals surface area (Å²) in [6, 6.07) is 19.8. The first kappa shape index (κ1) is 19.7. The van der Waals surface area contributed by atoms with Crippen LogP contribution in [0.4, 0.5) is 5.69 Å². The van der Waals surface area contributed by atoms with Crippen LogP contribution in [0.3, 0.4) is 0 Å². The van der Waals surface area contributed by atoms with Crippen LogP contribution in [-0.2, 0) is 0 Å². The molecule has 0 bridgehead atoms. The van der Waals surface area contributed by atoms with Gasteiger partial charge in [-0.25, -0.2) is 4.98 Å². The number of carbonyl (C=O) groups excluding carboxylic acids is 1. The minimum atomic E-state index is -0.255. The first-order valence-electron chi connectivity index (χ1n) is 8.85. The van der Waals surface area contributed by atoms with Crippen molar-refractivity contribution in [2.75, 3.05) is 5.32 Å². The maximum Gasteiger partial charge on any atom is 0.256 e. The number of hydrogen-bond donors (Lipinski definition) is 1. The SMILES string of the molecule is Cc1ccc(NC(=O)c2cc(-c3ccc(Cl)cc3Cl)nc3ccccc23)cc1Cl. The van der Waals surface area contributed by atoms with Gasteiger partial charge in [-0.15, -0.1) is 0 Å². The van der Waals surface area contributed by atoms with E-state index >= 15 is 0 Å². The molecule has 0 atom stereocenters. The molecule has 0 aliphatic carbocycles. The number of fused-ring (bicyclic) bond motifs is 1. The zero-order chi connectivity index (χ0) is 20.5. The maximum atomic E-state index is 13.1. The lowest BCUT2D eigenvalue weighted by Gasteiger charge is -2.12. The van der Waals surface area contributed by atoms with Crippen molar-refractivity contribution in [1.29, 1.82) is 0 Å². The van der Waals surface area contributed by atoms with Gasteiger partial charge in [0.1, 0.15) is 0 Å². The number of rotatable bonds is 3. The van der Waals surface area contributed by atoms with Gasteiger partial charge in [0.25, 0.3) is 5.91 Å². The van der Waals surface area contributed by atoms with E-state index in [-0.39, 0.29) is 5.91 Å². The highest BCUT2D eigenvalue weighted by molar-refractivity contribution is 6.36. The second-order valence-corrected chi connectivity index (χ2v) is 7.87. The number of hydrogen-bond acceptors (Lipinski definition) is 2. The Morgan fingerprint density at radius 3 is 2.45 bits per heavy atom. The van der Waals surface area contributed by atoms with Gasteiger partial charge < -0.3 is 5.32 Å². The Bertz CT molecular complexity index is 1250. The third-order valence-corrected chi connectivity index (χ3v) is 5.55. The van der Waals surface area contributed by atoms with Crippen molar-refractivity contribution >= 4 is 57.3 Å². The molecule has 1 N–H and O–H groups in total. The first-order valence-corrected chi connectivity index (χ1v) is 9.98. The van der Waals surface area contributed by atoms with E-state index in [9.17, 15) is 4.79 Å². The summed E-state index contributed by atoms with van der Waals surface area (Å²) in [5.41, 5.74) is 4.05. The van der Waals surface area contributed by atoms with Crippen LogP contribution in [-0.4, -0.2) is 10.9 Å². The topological polar surface area (TPSA) is 42.0 Å². The monoisotopic (exact) mass is 440 g/mol. The number of nitrogens with zero attached hydrogens (tertiary/aromatic N) is 1. The average molecular weight is 442 g/mol. The number of halogens is 3. The molecule has 1 aromatic heterocycles. The van der Waals surface area contributed by atoms with Crippen molar-refractivity contribution < 1.29 is 4.79 Å². The van der Waals surface area contributed by atoms with Gasteiger partial charge in [0.2, 0.25) is 0 Å². The standard InChI is InChI=1S/C23H15Cl3N2O/c1-13-6-8-15(11-19(13)25)27-23(29)18-12-22(17-9-7-14(24)10-20(17)26)28-21-5-3-2-4-16(18)21/h2-12H,1H3,(H,27,29). The second-order valence-electron chi connectivity index (χ2n) is 6.61. The number of aryl methyl sites for hydroxylation is 1. The van der Waals surface area contributed by atoms with E-state index < -0.39 is 0 Å². The van der Waals surface area contributed by atoms with Crippen LogP contribution in [0.25, 0.3) is 22.2 Å². The lowest BCUT2D eigenvalue weighted by Crippen LogP contribution is -2.13. The highest BCUT2D eigenvalue weighted by Crippen LogP contribution is 2.32. The predicted molar refractivity (Wildman–Crippen MR) is 121 cm³/mol. The molecular formula is C23H15Cl3N2O. The number of benzene rings is 3. The van der Waals surface area contributed by atoms with E-state index in [1.165, 1.54) is 0 Å². The quantitative estimate of drug-likeness (QED) is 0.359. The molecule has 1 amide bonds. The molecule has 6 heteroatoms. The number of amides is 1. The van der Waals surface area contributed by atoms with Crippen molar-refractivity contribution in [3.63, 3.8) is 0 Å². The smallest absolute Gasteiger partial charge is 0.256 e. The molecule has 0 saturated carbocycles. The summed E-state index contributed by atoms with van der Waals surface area (Å²) in [5.74, 6) is -0.255. The van der Waals surface area contributed by atoms with Gasteiger partial charge in [-0.1, -0.05) is 59.1 Å². The lowest BCUT2D eigenvalue weighted by molar-refractivity contribution is 0.102. The Hall–Kier alpha value is -2.59. The molecule has 0 aliphatic rings. The van der Waals surface area contributed by atoms with Crippen LogP contribution in [0.5, 0.6) is 0 Å². The summed E-state index contributed by atoms with van der Waals surface area (Å²) in [7, 11) is 0. The normalized spacial score (nSPS) is 10.9. The van der Waals surface area contributed by atoms with Crippen LogP contribution >= 0.6 is 34.8 Å². The fraction of sp³-hybridized carbons (Fsp3) is 0.0435. The van der Waals surface area contributed by atoms with Gasteiger partial charge in [-0.2, -0.15) is 0 Å². The highest BCUT2D eigenvalue weighted by Gasteiger charge is 2.16. The maximum absolute atomic E-state index is 13.1. The highest BCUT2D eigenvalue weighted by atomic mass is 35.5. The number of carbonyl (C=O) groups is 1. The first-order chi connectivity index (χ1) is 13.9. The van der Waals surface area contributed by atoms with Crippen molar-refractivity contribution in [2.45, 2.75) is 6.92 Å². The number of nitrogens with one attached hydrogen (secondary N) is 1. The molecule has 0 unspecified atom stereocenters. The third-order valence-electron chi connectivity index (χ3n) is 4.60. The Labute approximate surface area is 183 Å². The summed E-state index contributed by atoms with van der Waals surface area (Å²) in [6.45, 7) is 1.91. The van der Waals surface area contributed by atoms with E-state index in [0.717, 1.165) is 10.9 Å². The fourth-order valence-corrected chi connectivity index (χ4v) is 3.75. The molecule has 144 valence electrons. The number of aromatic nitrogens is 1. The van der Waals surface area contributed by atoms with Gasteiger partial charge in [0.15, 0.2) is 0 Å². The van der Waals surface area contributed by atoms with Crippen LogP contribution in [0.15, 0.2) is 66.7 Å². The summed E-state index contributed by atoms with van der Waals surface area (Å²) < 4.78 is 0. The Morgan fingerprint density at radius 2 is 1.69 bits per heavy atom. The zero-order valence-corrected chi connectivity index (χ0v) is 17.6. The molecule has 0 saturated heterocycles. The van der Waals surface area contributed by atoms with Crippen molar-refractivity contribution in [3.8, 4) is 11.3 Å². The van der Waals surface area contributed by atoms with Gasteiger partial charge in [0, 0.05) is 26.7 Å². The Balaban J connectivity index is 1.82. The van der Waals surface area contributed by atoms with Gasteiger partial charge in [0.05, 0.1) is 21.8 Å². The van der Waals surface area contributed by atoms with Crippen LogP contribution in [0, 0.1) is 6.92 Å². The fourth-order valence-electron chi connectivity index (χ4n) is 3.07. The zero-order valence-electron chi connectivity index (χ0n) is 15.3. The molecule has 3 aromatic carbocycles. The summed E-state index contributed by atoms with van der Waals surface area (Å²) in [6.07, 6.45) is 0. The molecule has 29 heavy (non-hydrogen) atoms. The molecule has 0 fully saturated rings. The van der Waals surface area contributed by atoms with Crippen molar-refractivity contribution in [3.05, 3.63) is 92.9 Å². The van der Waals surface area contributed by atoms with E-state index in [4.69, 9.17) is 34.8 Å². The molecule has 0 spiro atoms. The van der Waals surface area contributed by atoms with Gasteiger partial charge in [-0.05, 0) is 55.0 Å². The van der Waals surface area contributed by atoms with Gasteiger partial charge in [-0.3, -0.25) is 4.79 Å². The van der Waals surface area contributed by atoms with Crippen LogP contribution < -0.4 is 5.32 Å². The summed E-state index contributed by atoms with van der Waals surface area (Å²) in [4.78, 5) is 17.8. The minimum absolute atomic E-state index is 0.255. The molecule has 0 aliphatic heterocycles. The van der Waals surface area contributed by atoms with E-state index in [1.807, 2.05) is 43.3 Å². The lowest BCUT2D eigenvalue weighted by atomic mass is 10.0. The Kier molecular flexibility index (Phi) is 5.46. The van der Waals surface area contributed by atoms with Crippen LogP contribution in [0.2, 0.25) is 15.1 Å². The van der Waals surface area contributed by atoms with Crippen molar-refractivity contribution in [2.24, 2.45) is 0 Å². The van der Waals surface area contributed by atoms with Gasteiger partial charge >= 0.3 is 0 Å². The number of para-hydroxylation sites is 1. The number of pyridine rings is 1. The van der Waals surface area contributed by atoms with E-state index in [1.54, 1.807) is 30.3 Å². The third kappa shape index (κ3) is 4.08. The minimum Gasteiger partial charge on any atom is -0.322 e.